The van der Waals surface area contributed by atoms with Crippen LogP contribution in [0.4, 0.5) is 0 Å². The summed E-state index contributed by atoms with van der Waals surface area (Å²) in [6.45, 7) is 3.00. The van der Waals surface area contributed by atoms with Gasteiger partial charge >= 0.3 is 0 Å². The van der Waals surface area contributed by atoms with Gasteiger partial charge in [-0.3, -0.25) is 0 Å². The lowest BCUT2D eigenvalue weighted by Gasteiger charge is -2.35. The lowest BCUT2D eigenvalue weighted by atomic mass is 10.1. The maximum absolute atomic E-state index is 6.27. The molecule has 0 spiro atoms. The first kappa shape index (κ1) is 22.3. The Balaban J connectivity index is 1.57. The van der Waals surface area contributed by atoms with Crippen molar-refractivity contribution in [2.75, 3.05) is 20.8 Å². The molecule has 0 aliphatic carbocycles. The van der Waals surface area contributed by atoms with Crippen molar-refractivity contribution in [1.29, 1.82) is 0 Å². The first-order chi connectivity index (χ1) is 16.6. The second-order valence-electron chi connectivity index (χ2n) is 8.08. The largest absolute Gasteiger partial charge is 0.497 e. The van der Waals surface area contributed by atoms with E-state index in [1.807, 2.05) is 48.5 Å². The molecular formula is C26H24BrN3O4. The van der Waals surface area contributed by atoms with Crippen LogP contribution in [0.15, 0.2) is 74.7 Å². The van der Waals surface area contributed by atoms with Crippen LogP contribution < -0.4 is 9.47 Å². The van der Waals surface area contributed by atoms with Crippen molar-refractivity contribution < 1.29 is 18.7 Å². The molecule has 0 saturated heterocycles. The van der Waals surface area contributed by atoms with Crippen LogP contribution in [0.25, 0.3) is 11.0 Å². The number of aryl methyl sites for hydroxylation is 1. The maximum atomic E-state index is 6.27. The van der Waals surface area contributed by atoms with Crippen LogP contribution in [0, 0.1) is 6.92 Å². The molecule has 0 fully saturated rings. The van der Waals surface area contributed by atoms with Gasteiger partial charge in [-0.25, -0.2) is 4.98 Å². The molecular weight excluding hydrogens is 498 g/mol. The zero-order valence-electron chi connectivity index (χ0n) is 19.1. The number of aromatic nitrogens is 1. The lowest BCUT2D eigenvalue weighted by Crippen LogP contribution is -2.40. The fourth-order valence-electron chi connectivity index (χ4n) is 4.04. The normalized spacial score (nSPS) is 15.7. The van der Waals surface area contributed by atoms with Gasteiger partial charge in [-0.2, -0.15) is 0 Å². The summed E-state index contributed by atoms with van der Waals surface area (Å²) in [6, 6.07) is 19.8. The van der Waals surface area contributed by atoms with Crippen LogP contribution in [0.1, 0.15) is 28.6 Å². The Morgan fingerprint density at radius 2 is 1.85 bits per heavy atom. The van der Waals surface area contributed by atoms with E-state index in [0.29, 0.717) is 30.6 Å². The molecule has 0 bridgehead atoms. The highest BCUT2D eigenvalue weighted by Crippen LogP contribution is 2.34. The highest BCUT2D eigenvalue weighted by atomic mass is 79.9. The van der Waals surface area contributed by atoms with Gasteiger partial charge in [-0.05, 0) is 70.9 Å². The third kappa shape index (κ3) is 4.33. The maximum Gasteiger partial charge on any atom is 0.228 e. The fourth-order valence-corrected chi connectivity index (χ4v) is 4.42. The monoisotopic (exact) mass is 521 g/mol. The molecule has 2 aromatic heterocycles. The van der Waals surface area contributed by atoms with Crippen LogP contribution in [0.3, 0.4) is 0 Å². The Morgan fingerprint density at radius 3 is 2.62 bits per heavy atom. The third-order valence-corrected chi connectivity index (χ3v) is 6.40. The fraction of sp³-hybridized carbons (Fsp3) is 0.231. The Labute approximate surface area is 206 Å². The summed E-state index contributed by atoms with van der Waals surface area (Å²) < 4.78 is 17.8. The predicted molar refractivity (Wildman–Crippen MR) is 133 cm³/mol. The quantitative estimate of drug-likeness (QED) is 0.317. The molecule has 0 N–H and O–H groups in total. The Hall–Kier alpha value is -3.52. The van der Waals surface area contributed by atoms with Gasteiger partial charge in [-0.15, -0.1) is 0 Å². The van der Waals surface area contributed by atoms with Crippen LogP contribution in [0.2, 0.25) is 0 Å². The number of benzene rings is 2. The zero-order chi connectivity index (χ0) is 23.7. The zero-order valence-corrected chi connectivity index (χ0v) is 20.7. The lowest BCUT2D eigenvalue weighted by molar-refractivity contribution is 0.0500. The highest BCUT2D eigenvalue weighted by Gasteiger charge is 2.33. The van der Waals surface area contributed by atoms with Gasteiger partial charge in [0.2, 0.25) is 5.88 Å². The van der Waals surface area contributed by atoms with Gasteiger partial charge in [0.25, 0.3) is 0 Å². The molecule has 5 rings (SSSR count). The number of amidine groups is 1. The number of pyridine rings is 1. The highest BCUT2D eigenvalue weighted by molar-refractivity contribution is 9.10. The van der Waals surface area contributed by atoms with E-state index in [-0.39, 0.29) is 6.04 Å². The summed E-state index contributed by atoms with van der Waals surface area (Å²) in [4.78, 5) is 12.5. The molecule has 0 radical (unpaired) electrons. The minimum absolute atomic E-state index is 0.196. The Morgan fingerprint density at radius 1 is 1.03 bits per heavy atom. The summed E-state index contributed by atoms with van der Waals surface area (Å²) in [5.74, 6) is 2.70. The first-order valence-corrected chi connectivity index (χ1v) is 11.7. The SMILES string of the molecule is COc1ccc(CN2C(c3ccc(Br)c(OC)n3)=NOC[C@@H]2c2cc3cc(C)ccc3o2)cc1. The summed E-state index contributed by atoms with van der Waals surface area (Å²) in [5.41, 5.74) is 3.77. The van der Waals surface area contributed by atoms with E-state index in [0.717, 1.165) is 32.5 Å². The molecule has 1 aliphatic rings. The molecule has 2 aromatic carbocycles. The molecule has 34 heavy (non-hydrogen) atoms. The smallest absolute Gasteiger partial charge is 0.228 e. The number of furan rings is 1. The summed E-state index contributed by atoms with van der Waals surface area (Å²) in [6.07, 6.45) is 0. The van der Waals surface area contributed by atoms with E-state index in [1.54, 1.807) is 14.2 Å². The van der Waals surface area contributed by atoms with E-state index in [9.17, 15) is 0 Å². The van der Waals surface area contributed by atoms with E-state index in [4.69, 9.17) is 18.7 Å². The van der Waals surface area contributed by atoms with E-state index >= 15 is 0 Å². The van der Waals surface area contributed by atoms with Crippen LogP contribution in [-0.4, -0.2) is 36.5 Å². The second-order valence-corrected chi connectivity index (χ2v) is 8.93. The number of rotatable bonds is 6. The van der Waals surface area contributed by atoms with Gasteiger partial charge in [0.1, 0.15) is 35.4 Å². The van der Waals surface area contributed by atoms with Gasteiger partial charge in [0, 0.05) is 11.9 Å². The van der Waals surface area contributed by atoms with Gasteiger partial charge in [-0.1, -0.05) is 28.9 Å². The van der Waals surface area contributed by atoms with Crippen LogP contribution in [0.5, 0.6) is 11.6 Å². The van der Waals surface area contributed by atoms with Crippen molar-refractivity contribution in [3.63, 3.8) is 0 Å². The molecule has 0 amide bonds. The van der Waals surface area contributed by atoms with Gasteiger partial charge in [0.05, 0.1) is 18.7 Å². The average molecular weight is 522 g/mol. The molecule has 174 valence electrons. The Bertz CT molecular complexity index is 1350. The number of methoxy groups -OCH3 is 2. The minimum atomic E-state index is -0.196. The topological polar surface area (TPSA) is 69.3 Å². The van der Waals surface area contributed by atoms with Crippen molar-refractivity contribution >= 4 is 32.7 Å². The number of hydrogen-bond acceptors (Lipinski definition) is 7. The van der Waals surface area contributed by atoms with Gasteiger partial charge in [0.15, 0.2) is 5.84 Å². The molecule has 0 saturated carbocycles. The van der Waals surface area contributed by atoms with Crippen LogP contribution in [-0.2, 0) is 11.4 Å². The number of ether oxygens (including phenoxy) is 2. The van der Waals surface area contributed by atoms with E-state index in [2.05, 4.69) is 50.0 Å². The summed E-state index contributed by atoms with van der Waals surface area (Å²) >= 11 is 3.47. The number of oxime groups is 1. The second kappa shape index (κ2) is 9.38. The summed E-state index contributed by atoms with van der Waals surface area (Å²) in [5, 5.41) is 5.46. The molecule has 1 atom stereocenters. The molecule has 1 aliphatic heterocycles. The number of hydrogen-bond donors (Lipinski definition) is 0. The minimum Gasteiger partial charge on any atom is -0.497 e. The van der Waals surface area contributed by atoms with Gasteiger partial charge < -0.3 is 23.6 Å². The van der Waals surface area contributed by atoms with Crippen molar-refractivity contribution in [1.82, 2.24) is 9.88 Å². The van der Waals surface area contributed by atoms with Crippen molar-refractivity contribution in [2.45, 2.75) is 19.5 Å². The standard InChI is InChI=1S/C26H24BrN3O4/c1-16-4-11-23-18(12-16)13-24(34-23)22-15-33-29-25(21-10-9-20(27)26(28-21)32-3)30(22)14-17-5-7-19(31-2)8-6-17/h4-13,22H,14-15H2,1-3H3/t22-/m1/s1. The van der Waals surface area contributed by atoms with Crippen LogP contribution >= 0.6 is 15.9 Å². The number of halogens is 1. The molecule has 0 unspecified atom stereocenters. The van der Waals surface area contributed by atoms with Crippen molar-refractivity contribution in [3.05, 3.63) is 87.7 Å². The number of fused-ring (bicyclic) bond motifs is 1. The van der Waals surface area contributed by atoms with E-state index < -0.39 is 0 Å². The summed E-state index contributed by atoms with van der Waals surface area (Å²) in [7, 11) is 3.25. The molecule has 7 nitrogen and oxygen atoms in total. The molecule has 3 heterocycles. The molecule has 4 aromatic rings. The van der Waals surface area contributed by atoms with Crippen molar-refractivity contribution in [2.24, 2.45) is 5.16 Å². The van der Waals surface area contributed by atoms with E-state index in [1.165, 1.54) is 5.56 Å². The third-order valence-electron chi connectivity index (χ3n) is 5.80. The predicted octanol–water partition coefficient (Wildman–Crippen LogP) is 5.85. The molecule has 8 heteroatoms. The number of nitrogens with zero attached hydrogens (tertiary/aromatic N) is 3. The van der Waals surface area contributed by atoms with Crippen molar-refractivity contribution in [3.8, 4) is 11.6 Å². The first-order valence-electron chi connectivity index (χ1n) is 10.9. The average Bonchev–Trinajstić information content (AvgIpc) is 3.28. The Kier molecular flexibility index (Phi) is 6.15.